The molecule has 0 bridgehead atoms. The lowest BCUT2D eigenvalue weighted by atomic mass is 10.0. The van der Waals surface area contributed by atoms with Gasteiger partial charge in [0.15, 0.2) is 11.5 Å². The van der Waals surface area contributed by atoms with E-state index in [1.165, 1.54) is 0 Å². The highest BCUT2D eigenvalue weighted by Gasteiger charge is 2.17. The Morgan fingerprint density at radius 2 is 1.96 bits per heavy atom. The van der Waals surface area contributed by atoms with Crippen molar-refractivity contribution in [2.24, 2.45) is 12.8 Å². The Morgan fingerprint density at radius 1 is 1.20 bits per heavy atom. The van der Waals surface area contributed by atoms with Gasteiger partial charge in [0.25, 0.3) is 0 Å². The lowest BCUT2D eigenvalue weighted by Gasteiger charge is -2.18. The lowest BCUT2D eigenvalue weighted by Crippen LogP contribution is -2.07. The van der Waals surface area contributed by atoms with Crippen LogP contribution < -0.4 is 15.2 Å². The van der Waals surface area contributed by atoms with Crippen molar-refractivity contribution in [3.63, 3.8) is 0 Å². The molecular weight excluding hydrogens is 314 g/mol. The van der Waals surface area contributed by atoms with Crippen LogP contribution in [0, 0.1) is 0 Å². The van der Waals surface area contributed by atoms with Crippen molar-refractivity contribution >= 4 is 0 Å². The molecule has 5 heteroatoms. The first-order valence-corrected chi connectivity index (χ1v) is 8.21. The number of hydrogen-bond acceptors (Lipinski definition) is 4. The van der Waals surface area contributed by atoms with Gasteiger partial charge in [0.2, 0.25) is 0 Å². The van der Waals surface area contributed by atoms with Crippen molar-refractivity contribution in [2.75, 3.05) is 7.11 Å². The molecule has 130 valence electrons. The maximum absolute atomic E-state index is 6.14. The van der Waals surface area contributed by atoms with Crippen LogP contribution in [0.3, 0.4) is 0 Å². The second-order valence-corrected chi connectivity index (χ2v) is 6.07. The maximum Gasteiger partial charge on any atom is 0.169 e. The fraction of sp³-hybridized carbons (Fsp3) is 0.250. The standard InChI is InChI=1S/C20H23N3O2/c1-14(21)16-9-18(17-11-22-23(2)12-17)20(19(10-16)24-3)25-13-15-7-5-4-6-8-15/h4-12,14H,13,21H2,1-3H3/t14-/m1/s1. The lowest BCUT2D eigenvalue weighted by molar-refractivity contribution is 0.285. The molecule has 0 saturated carbocycles. The van der Waals surface area contributed by atoms with Crippen molar-refractivity contribution in [2.45, 2.75) is 19.6 Å². The molecule has 1 aromatic heterocycles. The fourth-order valence-electron chi connectivity index (χ4n) is 2.69. The highest BCUT2D eigenvalue weighted by Crippen LogP contribution is 2.40. The van der Waals surface area contributed by atoms with Gasteiger partial charge in [-0.2, -0.15) is 5.10 Å². The summed E-state index contributed by atoms with van der Waals surface area (Å²) in [6, 6.07) is 13.9. The van der Waals surface area contributed by atoms with E-state index in [0.29, 0.717) is 18.1 Å². The molecule has 0 aliphatic heterocycles. The Morgan fingerprint density at radius 3 is 2.56 bits per heavy atom. The van der Waals surface area contributed by atoms with E-state index in [1.54, 1.807) is 11.8 Å². The second-order valence-electron chi connectivity index (χ2n) is 6.07. The number of benzene rings is 2. The second kappa shape index (κ2) is 7.40. The molecule has 2 aromatic carbocycles. The zero-order chi connectivity index (χ0) is 17.8. The van der Waals surface area contributed by atoms with Gasteiger partial charge in [-0.1, -0.05) is 30.3 Å². The minimum atomic E-state index is -0.104. The van der Waals surface area contributed by atoms with Gasteiger partial charge < -0.3 is 15.2 Å². The monoisotopic (exact) mass is 337 g/mol. The Labute approximate surface area is 148 Å². The van der Waals surface area contributed by atoms with Crippen LogP contribution in [0.1, 0.15) is 24.1 Å². The Balaban J connectivity index is 2.04. The molecule has 0 aliphatic rings. The van der Waals surface area contributed by atoms with Crippen LogP contribution in [0.15, 0.2) is 54.9 Å². The molecule has 1 heterocycles. The maximum atomic E-state index is 6.14. The van der Waals surface area contributed by atoms with Gasteiger partial charge in [-0.25, -0.2) is 0 Å². The minimum Gasteiger partial charge on any atom is -0.493 e. The SMILES string of the molecule is COc1cc([C@@H](C)N)cc(-c2cnn(C)c2)c1OCc1ccccc1. The van der Waals surface area contributed by atoms with Crippen LogP contribution in [-0.4, -0.2) is 16.9 Å². The van der Waals surface area contributed by atoms with Crippen LogP contribution in [0.4, 0.5) is 0 Å². The zero-order valence-corrected chi connectivity index (χ0v) is 14.8. The third-order valence-corrected chi connectivity index (χ3v) is 4.06. The van der Waals surface area contributed by atoms with Crippen molar-refractivity contribution in [3.05, 3.63) is 66.0 Å². The highest BCUT2D eigenvalue weighted by atomic mass is 16.5. The van der Waals surface area contributed by atoms with E-state index >= 15 is 0 Å². The summed E-state index contributed by atoms with van der Waals surface area (Å²) in [4.78, 5) is 0. The molecule has 0 unspecified atom stereocenters. The average Bonchev–Trinajstić information content (AvgIpc) is 3.06. The summed E-state index contributed by atoms with van der Waals surface area (Å²) in [5.41, 5.74) is 10.1. The molecule has 0 radical (unpaired) electrons. The number of nitrogens with zero attached hydrogens (tertiary/aromatic N) is 2. The normalized spacial score (nSPS) is 12.0. The smallest absolute Gasteiger partial charge is 0.169 e. The zero-order valence-electron chi connectivity index (χ0n) is 14.8. The molecule has 0 amide bonds. The quantitative estimate of drug-likeness (QED) is 0.745. The molecule has 3 aromatic rings. The fourth-order valence-corrected chi connectivity index (χ4v) is 2.69. The first-order valence-electron chi connectivity index (χ1n) is 8.21. The molecule has 5 nitrogen and oxygen atoms in total. The first kappa shape index (κ1) is 17.0. The van der Waals surface area contributed by atoms with Gasteiger partial charge in [0, 0.05) is 30.4 Å². The number of aryl methyl sites for hydroxylation is 1. The Kier molecular flexibility index (Phi) is 5.05. The number of hydrogen-bond donors (Lipinski definition) is 1. The Hall–Kier alpha value is -2.79. The minimum absolute atomic E-state index is 0.104. The molecule has 0 saturated heterocycles. The van der Waals surface area contributed by atoms with E-state index in [2.05, 4.69) is 5.10 Å². The number of rotatable bonds is 6. The predicted octanol–water partition coefficient (Wildman–Crippen LogP) is 3.69. The van der Waals surface area contributed by atoms with E-state index in [4.69, 9.17) is 15.2 Å². The van der Waals surface area contributed by atoms with Gasteiger partial charge in [-0.3, -0.25) is 4.68 Å². The number of aromatic nitrogens is 2. The summed E-state index contributed by atoms with van der Waals surface area (Å²) >= 11 is 0. The topological polar surface area (TPSA) is 62.3 Å². The van der Waals surface area contributed by atoms with E-state index in [1.807, 2.05) is 68.8 Å². The van der Waals surface area contributed by atoms with Crippen LogP contribution in [0.2, 0.25) is 0 Å². The molecular formula is C20H23N3O2. The first-order chi connectivity index (χ1) is 12.1. The number of ether oxygens (including phenoxy) is 2. The number of methoxy groups -OCH3 is 1. The third-order valence-electron chi connectivity index (χ3n) is 4.06. The van der Waals surface area contributed by atoms with Crippen LogP contribution in [0.5, 0.6) is 11.5 Å². The van der Waals surface area contributed by atoms with Crippen molar-refractivity contribution in [1.82, 2.24) is 9.78 Å². The van der Waals surface area contributed by atoms with Crippen LogP contribution >= 0.6 is 0 Å². The summed E-state index contributed by atoms with van der Waals surface area (Å²) in [6.45, 7) is 2.41. The van der Waals surface area contributed by atoms with Crippen molar-refractivity contribution < 1.29 is 9.47 Å². The van der Waals surface area contributed by atoms with E-state index in [9.17, 15) is 0 Å². The third kappa shape index (κ3) is 3.83. The van der Waals surface area contributed by atoms with Crippen LogP contribution in [-0.2, 0) is 13.7 Å². The molecule has 2 N–H and O–H groups in total. The molecule has 0 fully saturated rings. The Bertz CT molecular complexity index is 841. The summed E-state index contributed by atoms with van der Waals surface area (Å²) < 4.78 is 13.5. The van der Waals surface area contributed by atoms with E-state index < -0.39 is 0 Å². The molecule has 1 atom stereocenters. The summed E-state index contributed by atoms with van der Waals surface area (Å²) in [5.74, 6) is 1.37. The summed E-state index contributed by atoms with van der Waals surface area (Å²) in [5, 5.41) is 4.27. The van der Waals surface area contributed by atoms with Gasteiger partial charge >= 0.3 is 0 Å². The van der Waals surface area contributed by atoms with Gasteiger partial charge in [0.1, 0.15) is 6.61 Å². The average molecular weight is 337 g/mol. The van der Waals surface area contributed by atoms with Crippen LogP contribution in [0.25, 0.3) is 11.1 Å². The van der Waals surface area contributed by atoms with Crippen molar-refractivity contribution in [3.8, 4) is 22.6 Å². The molecule has 3 rings (SSSR count). The van der Waals surface area contributed by atoms with Gasteiger partial charge in [-0.15, -0.1) is 0 Å². The largest absolute Gasteiger partial charge is 0.493 e. The van der Waals surface area contributed by atoms with Gasteiger partial charge in [0.05, 0.1) is 13.3 Å². The summed E-state index contributed by atoms with van der Waals surface area (Å²) in [7, 11) is 3.53. The molecule has 0 spiro atoms. The van der Waals surface area contributed by atoms with E-state index in [-0.39, 0.29) is 6.04 Å². The van der Waals surface area contributed by atoms with E-state index in [0.717, 1.165) is 22.3 Å². The molecule has 25 heavy (non-hydrogen) atoms. The molecule has 0 aliphatic carbocycles. The number of nitrogens with two attached hydrogens (primary N) is 1. The summed E-state index contributed by atoms with van der Waals surface area (Å²) in [6.07, 6.45) is 3.77. The van der Waals surface area contributed by atoms with Gasteiger partial charge in [-0.05, 0) is 30.2 Å². The predicted molar refractivity (Wildman–Crippen MR) is 98.6 cm³/mol. The highest BCUT2D eigenvalue weighted by molar-refractivity contribution is 5.74. The van der Waals surface area contributed by atoms with Crippen molar-refractivity contribution in [1.29, 1.82) is 0 Å².